The summed E-state index contributed by atoms with van der Waals surface area (Å²) in [5.74, 6) is 0.824. The largest absolute Gasteiger partial charge is 0.350 e. The van der Waals surface area contributed by atoms with Crippen LogP contribution in [0.4, 0.5) is 0 Å². The molecule has 0 saturated carbocycles. The maximum Gasteiger partial charge on any atom is 0.220 e. The molecule has 104 valence electrons. The van der Waals surface area contributed by atoms with Crippen LogP contribution in [0.1, 0.15) is 25.0 Å². The Morgan fingerprint density at radius 2 is 2.39 bits per heavy atom. The van der Waals surface area contributed by atoms with Crippen LogP contribution >= 0.6 is 36.2 Å². The smallest absolute Gasteiger partial charge is 0.220 e. The van der Waals surface area contributed by atoms with E-state index in [9.17, 15) is 4.79 Å². The number of amides is 1. The lowest BCUT2D eigenvalue weighted by atomic mass is 10.0. The zero-order valence-corrected chi connectivity index (χ0v) is 12.5. The van der Waals surface area contributed by atoms with Gasteiger partial charge < -0.3 is 10.6 Å². The molecule has 1 atom stereocenters. The SMILES string of the molecule is Cl.Cl.O=C(CCC1CCNC1)NCc1cscn1. The average molecular weight is 312 g/mol. The Bertz CT molecular complexity index is 329. The van der Waals surface area contributed by atoms with Crippen molar-refractivity contribution in [3.8, 4) is 0 Å². The number of carbonyl (C=O) groups excluding carboxylic acids is 1. The predicted octanol–water partition coefficient (Wildman–Crippen LogP) is 1.99. The average Bonchev–Trinajstić information content (AvgIpc) is 2.96. The van der Waals surface area contributed by atoms with Crippen LogP contribution in [0.15, 0.2) is 10.9 Å². The number of hydrogen-bond acceptors (Lipinski definition) is 4. The molecule has 1 aromatic rings. The fraction of sp³-hybridized carbons (Fsp3) is 0.636. The van der Waals surface area contributed by atoms with Gasteiger partial charge in [-0.3, -0.25) is 4.79 Å². The van der Waals surface area contributed by atoms with Crippen LogP contribution in [0.25, 0.3) is 0 Å². The summed E-state index contributed by atoms with van der Waals surface area (Å²) in [5, 5.41) is 8.16. The van der Waals surface area contributed by atoms with Crippen molar-refractivity contribution in [3.63, 3.8) is 0 Å². The molecule has 1 amide bonds. The van der Waals surface area contributed by atoms with Crippen molar-refractivity contribution in [2.45, 2.75) is 25.8 Å². The summed E-state index contributed by atoms with van der Waals surface area (Å²) in [5.41, 5.74) is 2.73. The van der Waals surface area contributed by atoms with E-state index in [-0.39, 0.29) is 30.7 Å². The van der Waals surface area contributed by atoms with Gasteiger partial charge in [0.05, 0.1) is 17.7 Å². The zero-order chi connectivity index (χ0) is 11.2. The van der Waals surface area contributed by atoms with Gasteiger partial charge in [-0.25, -0.2) is 4.98 Å². The molecule has 1 aromatic heterocycles. The van der Waals surface area contributed by atoms with E-state index in [0.29, 0.717) is 18.9 Å². The summed E-state index contributed by atoms with van der Waals surface area (Å²) < 4.78 is 0. The van der Waals surface area contributed by atoms with Crippen LogP contribution < -0.4 is 10.6 Å². The highest BCUT2D eigenvalue weighted by molar-refractivity contribution is 7.07. The molecule has 0 aliphatic carbocycles. The number of hydrogen-bond donors (Lipinski definition) is 2. The molecule has 1 aliphatic heterocycles. The van der Waals surface area contributed by atoms with Crippen LogP contribution in [-0.2, 0) is 11.3 Å². The number of thiazole rings is 1. The van der Waals surface area contributed by atoms with E-state index >= 15 is 0 Å². The summed E-state index contributed by atoms with van der Waals surface area (Å²) >= 11 is 1.55. The molecule has 1 saturated heterocycles. The van der Waals surface area contributed by atoms with Crippen LogP contribution in [-0.4, -0.2) is 24.0 Å². The van der Waals surface area contributed by atoms with Gasteiger partial charge >= 0.3 is 0 Å². The molecule has 0 spiro atoms. The standard InChI is InChI=1S/C11H17N3OS.2ClH/c15-11(2-1-9-3-4-12-5-9)13-6-10-7-16-8-14-10;;/h7-9,12H,1-6H2,(H,13,15);2*1H. The summed E-state index contributed by atoms with van der Waals surface area (Å²) in [4.78, 5) is 15.7. The lowest BCUT2D eigenvalue weighted by molar-refractivity contribution is -0.121. The molecule has 2 heterocycles. The van der Waals surface area contributed by atoms with Crippen LogP contribution in [0, 0.1) is 5.92 Å². The van der Waals surface area contributed by atoms with E-state index in [0.717, 1.165) is 25.2 Å². The molecule has 4 nitrogen and oxygen atoms in total. The van der Waals surface area contributed by atoms with Crippen molar-refractivity contribution < 1.29 is 4.79 Å². The van der Waals surface area contributed by atoms with Gasteiger partial charge in [-0.2, -0.15) is 0 Å². The second-order valence-corrected chi connectivity index (χ2v) is 4.87. The minimum Gasteiger partial charge on any atom is -0.350 e. The number of nitrogens with zero attached hydrogens (tertiary/aromatic N) is 1. The van der Waals surface area contributed by atoms with E-state index in [2.05, 4.69) is 15.6 Å². The Morgan fingerprint density at radius 1 is 1.56 bits per heavy atom. The van der Waals surface area contributed by atoms with Crippen LogP contribution in [0.5, 0.6) is 0 Å². The van der Waals surface area contributed by atoms with Crippen LogP contribution in [0.2, 0.25) is 0 Å². The highest BCUT2D eigenvalue weighted by Gasteiger charge is 2.15. The van der Waals surface area contributed by atoms with E-state index in [1.165, 1.54) is 6.42 Å². The second kappa shape index (κ2) is 9.55. The number of aromatic nitrogens is 1. The van der Waals surface area contributed by atoms with Crippen molar-refractivity contribution in [1.82, 2.24) is 15.6 Å². The van der Waals surface area contributed by atoms with Gasteiger partial charge in [-0.1, -0.05) is 0 Å². The first-order valence-corrected chi connectivity index (χ1v) is 6.63. The van der Waals surface area contributed by atoms with Gasteiger partial charge in [-0.05, 0) is 31.8 Å². The Balaban J connectivity index is 0.00000144. The lowest BCUT2D eigenvalue weighted by Gasteiger charge is -2.07. The summed E-state index contributed by atoms with van der Waals surface area (Å²) in [6.07, 6.45) is 2.84. The molecule has 2 rings (SSSR count). The topological polar surface area (TPSA) is 54.0 Å². The quantitative estimate of drug-likeness (QED) is 0.874. The van der Waals surface area contributed by atoms with E-state index in [1.54, 1.807) is 16.8 Å². The minimum absolute atomic E-state index is 0. The van der Waals surface area contributed by atoms with E-state index in [4.69, 9.17) is 0 Å². The Morgan fingerprint density at radius 3 is 3.00 bits per heavy atom. The van der Waals surface area contributed by atoms with E-state index in [1.807, 2.05) is 5.38 Å². The second-order valence-electron chi connectivity index (χ2n) is 4.15. The predicted molar refractivity (Wildman–Crippen MR) is 78.7 cm³/mol. The number of carbonyl (C=O) groups is 1. The van der Waals surface area contributed by atoms with Crippen molar-refractivity contribution in [3.05, 3.63) is 16.6 Å². The molecule has 18 heavy (non-hydrogen) atoms. The minimum atomic E-state index is 0. The Hall–Kier alpha value is -0.360. The van der Waals surface area contributed by atoms with Gasteiger partial charge in [-0.15, -0.1) is 36.2 Å². The number of rotatable bonds is 5. The Kier molecular flexibility index (Phi) is 9.36. The highest BCUT2D eigenvalue weighted by atomic mass is 35.5. The summed E-state index contributed by atoms with van der Waals surface area (Å²) in [6, 6.07) is 0. The Labute approximate surface area is 124 Å². The molecule has 0 radical (unpaired) electrons. The molecule has 2 N–H and O–H groups in total. The summed E-state index contributed by atoms with van der Waals surface area (Å²) in [6.45, 7) is 2.73. The highest BCUT2D eigenvalue weighted by Crippen LogP contribution is 2.13. The molecule has 1 fully saturated rings. The third-order valence-corrected chi connectivity index (χ3v) is 3.53. The molecule has 1 unspecified atom stereocenters. The van der Waals surface area contributed by atoms with Crippen molar-refractivity contribution in [2.24, 2.45) is 5.92 Å². The molecule has 7 heteroatoms. The van der Waals surface area contributed by atoms with Gasteiger partial charge in [0.15, 0.2) is 0 Å². The fourth-order valence-corrected chi connectivity index (χ4v) is 2.46. The summed E-state index contributed by atoms with van der Waals surface area (Å²) in [7, 11) is 0. The lowest BCUT2D eigenvalue weighted by Crippen LogP contribution is -2.23. The molecule has 0 aromatic carbocycles. The molecular formula is C11H19Cl2N3OS. The first-order valence-electron chi connectivity index (χ1n) is 5.69. The van der Waals surface area contributed by atoms with Crippen LogP contribution in [0.3, 0.4) is 0 Å². The van der Waals surface area contributed by atoms with E-state index < -0.39 is 0 Å². The van der Waals surface area contributed by atoms with Crippen molar-refractivity contribution in [1.29, 1.82) is 0 Å². The number of nitrogens with one attached hydrogen (secondary N) is 2. The van der Waals surface area contributed by atoms with Gasteiger partial charge in [0, 0.05) is 11.8 Å². The maximum absolute atomic E-state index is 11.5. The van der Waals surface area contributed by atoms with Gasteiger partial charge in [0.2, 0.25) is 5.91 Å². The maximum atomic E-state index is 11.5. The van der Waals surface area contributed by atoms with Gasteiger partial charge in [0.25, 0.3) is 0 Å². The van der Waals surface area contributed by atoms with Crippen molar-refractivity contribution in [2.75, 3.05) is 13.1 Å². The monoisotopic (exact) mass is 311 g/mol. The zero-order valence-electron chi connectivity index (χ0n) is 10.1. The molecular weight excluding hydrogens is 293 g/mol. The number of halogens is 2. The third kappa shape index (κ3) is 6.00. The third-order valence-electron chi connectivity index (χ3n) is 2.89. The first-order chi connectivity index (χ1) is 7.84. The molecule has 0 bridgehead atoms. The first kappa shape index (κ1) is 17.6. The van der Waals surface area contributed by atoms with Gasteiger partial charge in [0.1, 0.15) is 0 Å². The fourth-order valence-electron chi connectivity index (χ4n) is 1.90. The van der Waals surface area contributed by atoms with Crippen molar-refractivity contribution >= 4 is 42.1 Å². The normalized spacial score (nSPS) is 17.7. The molecule has 1 aliphatic rings.